The Morgan fingerprint density at radius 3 is 2.11 bits per heavy atom. The second-order valence-corrected chi connectivity index (χ2v) is 7.61. The van der Waals surface area contributed by atoms with Gasteiger partial charge in [-0.15, -0.1) is 0 Å². The molecule has 0 aromatic heterocycles. The van der Waals surface area contributed by atoms with Gasteiger partial charge in [0.05, 0.1) is 0 Å². The Morgan fingerprint density at radius 2 is 1.44 bits per heavy atom. The third-order valence-corrected chi connectivity index (χ3v) is 5.45. The third-order valence-electron chi connectivity index (χ3n) is 5.45. The summed E-state index contributed by atoms with van der Waals surface area (Å²) in [4.78, 5) is 0. The van der Waals surface area contributed by atoms with Crippen LogP contribution in [0.2, 0.25) is 0 Å². The quantitative estimate of drug-likeness (QED) is 0.596. The van der Waals surface area contributed by atoms with Gasteiger partial charge in [-0.2, -0.15) is 0 Å². The molecule has 2 N–H and O–H groups in total. The Kier molecular flexibility index (Phi) is 4.49. The highest BCUT2D eigenvalue weighted by molar-refractivity contribution is 5.72. The molecule has 1 aliphatic rings. The summed E-state index contributed by atoms with van der Waals surface area (Å²) >= 11 is 0. The van der Waals surface area contributed by atoms with Crippen molar-refractivity contribution in [3.63, 3.8) is 0 Å². The van der Waals surface area contributed by atoms with Crippen molar-refractivity contribution in [2.75, 3.05) is 0 Å². The number of rotatable bonds is 4. The molecule has 0 radical (unpaired) electrons. The van der Waals surface area contributed by atoms with Crippen LogP contribution in [0.5, 0.6) is 11.5 Å². The first-order valence-electron chi connectivity index (χ1n) is 9.43. The molecule has 0 saturated carbocycles. The number of hydrogen-bond acceptors (Lipinski definition) is 2. The summed E-state index contributed by atoms with van der Waals surface area (Å²) in [5.41, 5.74) is 6.09. The highest BCUT2D eigenvalue weighted by Gasteiger charge is 2.34. The molecule has 0 aliphatic heterocycles. The Bertz CT molecular complexity index is 969. The lowest BCUT2D eigenvalue weighted by Crippen LogP contribution is -2.14. The molecule has 0 fully saturated rings. The number of phenols is 2. The molecule has 3 aromatic carbocycles. The molecule has 2 heteroatoms. The maximum atomic E-state index is 10.1. The van der Waals surface area contributed by atoms with Gasteiger partial charge in [0, 0.05) is 11.8 Å². The summed E-state index contributed by atoms with van der Waals surface area (Å²) in [7, 11) is 0. The fourth-order valence-electron chi connectivity index (χ4n) is 4.32. The number of allylic oxidation sites excluding steroid dienone is 1. The van der Waals surface area contributed by atoms with E-state index >= 15 is 0 Å². The number of fused-ring (bicyclic) bond motifs is 1. The van der Waals surface area contributed by atoms with Crippen molar-refractivity contribution in [3.8, 4) is 11.5 Å². The molecular weight excluding hydrogens is 332 g/mol. The fraction of sp³-hybridized carbons (Fsp3) is 0.200. The van der Waals surface area contributed by atoms with Gasteiger partial charge in [-0.3, -0.25) is 0 Å². The summed E-state index contributed by atoms with van der Waals surface area (Å²) < 4.78 is 0. The fourth-order valence-corrected chi connectivity index (χ4v) is 4.32. The van der Waals surface area contributed by atoms with E-state index in [-0.39, 0.29) is 17.6 Å². The molecule has 0 amide bonds. The van der Waals surface area contributed by atoms with E-state index in [0.29, 0.717) is 11.7 Å². The second-order valence-electron chi connectivity index (χ2n) is 7.61. The van der Waals surface area contributed by atoms with Crippen LogP contribution < -0.4 is 0 Å². The van der Waals surface area contributed by atoms with E-state index in [1.807, 2.05) is 30.3 Å². The molecule has 4 rings (SSSR count). The van der Waals surface area contributed by atoms with Crippen molar-refractivity contribution in [3.05, 3.63) is 101 Å². The second kappa shape index (κ2) is 6.96. The Balaban J connectivity index is 1.87. The average Bonchev–Trinajstić information content (AvgIpc) is 3.02. The topological polar surface area (TPSA) is 40.5 Å². The minimum atomic E-state index is 0.120. The van der Waals surface area contributed by atoms with Crippen molar-refractivity contribution in [2.24, 2.45) is 5.92 Å². The van der Waals surface area contributed by atoms with Crippen LogP contribution in [-0.2, 0) is 0 Å². The average molecular weight is 356 g/mol. The molecule has 27 heavy (non-hydrogen) atoms. The van der Waals surface area contributed by atoms with Crippen molar-refractivity contribution >= 4 is 6.08 Å². The molecule has 3 aromatic rings. The molecule has 2 atom stereocenters. The van der Waals surface area contributed by atoms with Crippen LogP contribution in [0.15, 0.2) is 78.4 Å². The highest BCUT2D eigenvalue weighted by Crippen LogP contribution is 2.50. The zero-order valence-corrected chi connectivity index (χ0v) is 15.6. The highest BCUT2D eigenvalue weighted by atomic mass is 16.3. The monoisotopic (exact) mass is 356 g/mol. The summed E-state index contributed by atoms with van der Waals surface area (Å²) in [6.45, 7) is 4.47. The van der Waals surface area contributed by atoms with Crippen LogP contribution in [0.3, 0.4) is 0 Å². The Hall–Kier alpha value is -3.00. The summed E-state index contributed by atoms with van der Waals surface area (Å²) in [5, 5.41) is 19.8. The molecule has 136 valence electrons. The van der Waals surface area contributed by atoms with E-state index in [0.717, 1.165) is 5.56 Å². The predicted octanol–water partition coefficient (Wildman–Crippen LogP) is 6.07. The van der Waals surface area contributed by atoms with E-state index in [4.69, 9.17) is 0 Å². The van der Waals surface area contributed by atoms with E-state index in [1.165, 1.54) is 22.3 Å². The van der Waals surface area contributed by atoms with Gasteiger partial charge in [0.2, 0.25) is 0 Å². The maximum absolute atomic E-state index is 10.1. The molecule has 0 bridgehead atoms. The van der Waals surface area contributed by atoms with Crippen LogP contribution in [0, 0.1) is 5.92 Å². The van der Waals surface area contributed by atoms with Gasteiger partial charge in [-0.1, -0.05) is 68.5 Å². The first-order chi connectivity index (χ1) is 13.0. The van der Waals surface area contributed by atoms with Gasteiger partial charge in [-0.05, 0) is 58.0 Å². The first kappa shape index (κ1) is 17.4. The van der Waals surface area contributed by atoms with Crippen molar-refractivity contribution in [2.45, 2.75) is 25.7 Å². The lowest BCUT2D eigenvalue weighted by molar-refractivity contribution is 0.472. The minimum Gasteiger partial charge on any atom is -0.508 e. The normalized spacial score (nSPS) is 16.9. The number of phenolic OH excluding ortho intramolecular Hbond substituents is 2. The first-order valence-corrected chi connectivity index (χ1v) is 9.43. The number of hydrogen-bond donors (Lipinski definition) is 2. The number of benzene rings is 3. The smallest absolute Gasteiger partial charge is 0.115 e. The van der Waals surface area contributed by atoms with E-state index in [9.17, 15) is 10.2 Å². The molecule has 0 saturated heterocycles. The molecule has 0 heterocycles. The van der Waals surface area contributed by atoms with Crippen molar-refractivity contribution in [1.29, 1.82) is 0 Å². The van der Waals surface area contributed by atoms with Gasteiger partial charge in [0.1, 0.15) is 11.5 Å². The predicted molar refractivity (Wildman–Crippen MR) is 110 cm³/mol. The third kappa shape index (κ3) is 3.23. The minimum absolute atomic E-state index is 0.120. The lowest BCUT2D eigenvalue weighted by Gasteiger charge is -2.29. The zero-order valence-electron chi connectivity index (χ0n) is 15.6. The van der Waals surface area contributed by atoms with Gasteiger partial charge in [-0.25, -0.2) is 0 Å². The lowest BCUT2D eigenvalue weighted by atomic mass is 9.75. The summed E-state index contributed by atoms with van der Waals surface area (Å²) in [6.07, 6.45) is 2.28. The maximum Gasteiger partial charge on any atom is 0.115 e. The standard InChI is InChI=1S/C25H24O2/c1-16(2)24(18-8-11-20(26)12-9-18)23-14-19-10-13-21(27)15-22(19)25(23)17-6-4-3-5-7-17/h3-16,24-27H,1-2H3. The van der Waals surface area contributed by atoms with E-state index in [2.05, 4.69) is 44.2 Å². The van der Waals surface area contributed by atoms with Crippen LogP contribution in [0.4, 0.5) is 0 Å². The van der Waals surface area contributed by atoms with Gasteiger partial charge < -0.3 is 10.2 Å². The van der Waals surface area contributed by atoms with Crippen molar-refractivity contribution < 1.29 is 10.2 Å². The van der Waals surface area contributed by atoms with Crippen LogP contribution in [-0.4, -0.2) is 10.2 Å². The van der Waals surface area contributed by atoms with Crippen LogP contribution in [0.25, 0.3) is 6.08 Å². The number of aromatic hydroxyl groups is 2. The molecule has 2 unspecified atom stereocenters. The Morgan fingerprint density at radius 1 is 0.778 bits per heavy atom. The summed E-state index contributed by atoms with van der Waals surface area (Å²) in [6, 6.07) is 23.7. The zero-order chi connectivity index (χ0) is 19.0. The largest absolute Gasteiger partial charge is 0.508 e. The van der Waals surface area contributed by atoms with Gasteiger partial charge in [0.15, 0.2) is 0 Å². The summed E-state index contributed by atoms with van der Waals surface area (Å²) in [5.74, 6) is 1.33. The van der Waals surface area contributed by atoms with E-state index in [1.54, 1.807) is 18.2 Å². The molecule has 1 aliphatic carbocycles. The molecule has 0 spiro atoms. The van der Waals surface area contributed by atoms with Crippen LogP contribution in [0.1, 0.15) is 47.9 Å². The van der Waals surface area contributed by atoms with Crippen molar-refractivity contribution in [1.82, 2.24) is 0 Å². The van der Waals surface area contributed by atoms with E-state index < -0.39 is 0 Å². The van der Waals surface area contributed by atoms with Crippen LogP contribution >= 0.6 is 0 Å². The molecule has 2 nitrogen and oxygen atoms in total. The van der Waals surface area contributed by atoms with Gasteiger partial charge in [0.25, 0.3) is 0 Å². The van der Waals surface area contributed by atoms with Gasteiger partial charge >= 0.3 is 0 Å². The Labute approximate surface area is 160 Å². The SMILES string of the molecule is CC(C)C(C1=Cc2ccc(O)cc2C1c1ccccc1)c1ccc(O)cc1. The molecular formula is C25H24O2.